The molecule has 1 aromatic rings. The van der Waals surface area contributed by atoms with Crippen LogP contribution in [-0.4, -0.2) is 24.0 Å². The molecule has 4 heteroatoms. The van der Waals surface area contributed by atoms with Crippen molar-refractivity contribution in [3.63, 3.8) is 0 Å². The van der Waals surface area contributed by atoms with E-state index in [9.17, 15) is 4.79 Å². The lowest BCUT2D eigenvalue weighted by Gasteiger charge is -2.11. The van der Waals surface area contributed by atoms with Crippen LogP contribution in [0.4, 0.5) is 0 Å². The second-order valence-corrected chi connectivity index (χ2v) is 4.48. The molecule has 4 nitrogen and oxygen atoms in total. The van der Waals surface area contributed by atoms with E-state index in [1.165, 1.54) is 6.92 Å². The largest absolute Gasteiger partial charge is 0.492 e. The first-order valence-electron chi connectivity index (χ1n) is 6.95. The van der Waals surface area contributed by atoms with E-state index in [0.717, 1.165) is 25.7 Å². The minimum absolute atomic E-state index is 0.0911. The second-order valence-electron chi connectivity index (χ2n) is 4.48. The summed E-state index contributed by atoms with van der Waals surface area (Å²) >= 11 is 0. The predicted molar refractivity (Wildman–Crippen MR) is 75.0 cm³/mol. The number of unbranched alkanes of at least 4 members (excludes halogenated alkanes) is 2. The molecule has 0 spiro atoms. The zero-order valence-electron chi connectivity index (χ0n) is 12.1. The van der Waals surface area contributed by atoms with Crippen LogP contribution in [0.2, 0.25) is 0 Å². The first-order chi connectivity index (χ1) is 9.19. The van der Waals surface area contributed by atoms with Gasteiger partial charge in [-0.05, 0) is 12.8 Å². The summed E-state index contributed by atoms with van der Waals surface area (Å²) in [7, 11) is 0. The highest BCUT2D eigenvalue weighted by Gasteiger charge is 2.12. The molecule has 19 heavy (non-hydrogen) atoms. The number of carbonyl (C=O) groups is 1. The highest BCUT2D eigenvalue weighted by molar-refractivity contribution is 5.94. The summed E-state index contributed by atoms with van der Waals surface area (Å²) in [6.45, 7) is 6.95. The third-order valence-corrected chi connectivity index (χ3v) is 2.68. The van der Waals surface area contributed by atoms with Gasteiger partial charge in [-0.25, -0.2) is 4.98 Å². The van der Waals surface area contributed by atoms with Gasteiger partial charge in [0.25, 0.3) is 0 Å². The van der Waals surface area contributed by atoms with Crippen LogP contribution in [0.1, 0.15) is 56.9 Å². The van der Waals surface area contributed by atoms with Gasteiger partial charge in [0.05, 0.1) is 19.4 Å². The number of rotatable bonds is 9. The molecule has 1 heterocycles. The van der Waals surface area contributed by atoms with Crippen LogP contribution in [0.5, 0.6) is 11.5 Å². The smallest absolute Gasteiger partial charge is 0.181 e. The number of pyridine rings is 1. The number of carbonyl (C=O) groups excluding carboxylic acids is 1. The Labute approximate surface area is 115 Å². The van der Waals surface area contributed by atoms with Crippen molar-refractivity contribution in [3.05, 3.63) is 18.0 Å². The summed E-state index contributed by atoms with van der Waals surface area (Å²) < 4.78 is 11.2. The minimum atomic E-state index is -0.0911. The van der Waals surface area contributed by atoms with Crippen molar-refractivity contribution < 1.29 is 14.3 Å². The van der Waals surface area contributed by atoms with E-state index in [0.29, 0.717) is 30.4 Å². The quantitative estimate of drug-likeness (QED) is 0.505. The van der Waals surface area contributed by atoms with Gasteiger partial charge in [0.2, 0.25) is 0 Å². The third-order valence-electron chi connectivity index (χ3n) is 2.68. The van der Waals surface area contributed by atoms with Crippen molar-refractivity contribution in [1.29, 1.82) is 0 Å². The fourth-order valence-corrected chi connectivity index (χ4v) is 1.54. The van der Waals surface area contributed by atoms with Crippen LogP contribution in [-0.2, 0) is 0 Å². The SMILES string of the molecule is CCCCOc1cnc(C(C)=O)c(OCCCC)c1. The maximum Gasteiger partial charge on any atom is 0.181 e. The molecule has 0 aliphatic carbocycles. The number of ether oxygens (including phenoxy) is 2. The molecule has 0 atom stereocenters. The Morgan fingerprint density at radius 3 is 2.37 bits per heavy atom. The number of hydrogen-bond acceptors (Lipinski definition) is 4. The highest BCUT2D eigenvalue weighted by Crippen LogP contribution is 2.23. The van der Waals surface area contributed by atoms with Crippen LogP contribution >= 0.6 is 0 Å². The van der Waals surface area contributed by atoms with Crippen molar-refractivity contribution >= 4 is 5.78 Å². The Kier molecular flexibility index (Phi) is 6.93. The molecule has 0 saturated heterocycles. The lowest BCUT2D eigenvalue weighted by atomic mass is 10.2. The molecule has 1 rings (SSSR count). The van der Waals surface area contributed by atoms with Crippen molar-refractivity contribution in [2.45, 2.75) is 46.5 Å². The molecule has 1 aromatic heterocycles. The van der Waals surface area contributed by atoms with E-state index in [-0.39, 0.29) is 5.78 Å². The molecule has 0 saturated carbocycles. The first-order valence-corrected chi connectivity index (χ1v) is 6.95. The minimum Gasteiger partial charge on any atom is -0.492 e. The average molecular weight is 265 g/mol. The molecule has 0 aliphatic heterocycles. The van der Waals surface area contributed by atoms with Crippen LogP contribution < -0.4 is 9.47 Å². The molecule has 0 unspecified atom stereocenters. The molecule has 106 valence electrons. The van der Waals surface area contributed by atoms with Gasteiger partial charge in [0.1, 0.15) is 11.4 Å². The first kappa shape index (κ1) is 15.5. The van der Waals surface area contributed by atoms with Crippen LogP contribution in [0.15, 0.2) is 12.3 Å². The zero-order valence-corrected chi connectivity index (χ0v) is 12.1. The van der Waals surface area contributed by atoms with E-state index in [1.807, 2.05) is 0 Å². The van der Waals surface area contributed by atoms with E-state index >= 15 is 0 Å². The lowest BCUT2D eigenvalue weighted by molar-refractivity contribution is 0.100. The maximum atomic E-state index is 11.5. The Balaban J connectivity index is 2.75. The topological polar surface area (TPSA) is 48.4 Å². The van der Waals surface area contributed by atoms with Gasteiger partial charge in [-0.2, -0.15) is 0 Å². The van der Waals surface area contributed by atoms with Crippen molar-refractivity contribution in [2.75, 3.05) is 13.2 Å². The summed E-state index contributed by atoms with van der Waals surface area (Å²) in [4.78, 5) is 15.6. The summed E-state index contributed by atoms with van der Waals surface area (Å²) in [6.07, 6.45) is 5.67. The van der Waals surface area contributed by atoms with Gasteiger partial charge in [-0.3, -0.25) is 4.79 Å². The van der Waals surface area contributed by atoms with Crippen molar-refractivity contribution in [1.82, 2.24) is 4.98 Å². The van der Waals surface area contributed by atoms with Crippen LogP contribution in [0, 0.1) is 0 Å². The normalized spacial score (nSPS) is 10.3. The number of hydrogen-bond donors (Lipinski definition) is 0. The number of ketones is 1. The van der Waals surface area contributed by atoms with Gasteiger partial charge in [0, 0.05) is 13.0 Å². The fraction of sp³-hybridized carbons (Fsp3) is 0.600. The molecular weight excluding hydrogens is 242 g/mol. The second kappa shape index (κ2) is 8.51. The van der Waals surface area contributed by atoms with Gasteiger partial charge < -0.3 is 9.47 Å². The molecule has 0 aromatic carbocycles. The third kappa shape index (κ3) is 5.28. The molecule has 0 bridgehead atoms. The Morgan fingerprint density at radius 2 is 1.79 bits per heavy atom. The monoisotopic (exact) mass is 265 g/mol. The number of Topliss-reactive ketones (excluding diaryl/α,β-unsaturated/α-hetero) is 1. The van der Waals surface area contributed by atoms with E-state index < -0.39 is 0 Å². The van der Waals surface area contributed by atoms with E-state index in [1.54, 1.807) is 12.3 Å². The molecule has 0 N–H and O–H groups in total. The zero-order chi connectivity index (χ0) is 14.1. The average Bonchev–Trinajstić information content (AvgIpc) is 2.39. The summed E-state index contributed by atoms with van der Waals surface area (Å²) in [5.41, 5.74) is 0.374. The van der Waals surface area contributed by atoms with E-state index in [2.05, 4.69) is 18.8 Å². The fourth-order valence-electron chi connectivity index (χ4n) is 1.54. The number of nitrogens with zero attached hydrogens (tertiary/aromatic N) is 1. The Hall–Kier alpha value is -1.58. The number of aromatic nitrogens is 1. The summed E-state index contributed by atoms with van der Waals surface area (Å²) in [6, 6.07) is 1.76. The maximum absolute atomic E-state index is 11.5. The molecular formula is C15H23NO3. The van der Waals surface area contributed by atoms with Gasteiger partial charge in [0.15, 0.2) is 11.5 Å². The lowest BCUT2D eigenvalue weighted by Crippen LogP contribution is -2.06. The molecule has 0 aliphatic rings. The van der Waals surface area contributed by atoms with Gasteiger partial charge in [-0.1, -0.05) is 26.7 Å². The molecule has 0 amide bonds. The molecule has 0 fully saturated rings. The van der Waals surface area contributed by atoms with Crippen molar-refractivity contribution in [3.8, 4) is 11.5 Å². The molecule has 0 radical (unpaired) electrons. The van der Waals surface area contributed by atoms with Crippen LogP contribution in [0.3, 0.4) is 0 Å². The van der Waals surface area contributed by atoms with Crippen LogP contribution in [0.25, 0.3) is 0 Å². The Morgan fingerprint density at radius 1 is 1.16 bits per heavy atom. The summed E-state index contributed by atoms with van der Waals surface area (Å²) in [5.74, 6) is 1.09. The summed E-state index contributed by atoms with van der Waals surface area (Å²) in [5, 5.41) is 0. The van der Waals surface area contributed by atoms with Gasteiger partial charge in [-0.15, -0.1) is 0 Å². The predicted octanol–water partition coefficient (Wildman–Crippen LogP) is 3.64. The van der Waals surface area contributed by atoms with E-state index in [4.69, 9.17) is 9.47 Å². The van der Waals surface area contributed by atoms with Crippen molar-refractivity contribution in [2.24, 2.45) is 0 Å². The highest BCUT2D eigenvalue weighted by atomic mass is 16.5. The Bertz CT molecular complexity index is 404. The standard InChI is InChI=1S/C15H23NO3/c1-4-6-8-18-13-10-14(19-9-7-5-2)15(12(3)17)16-11-13/h10-11H,4-9H2,1-3H3. The van der Waals surface area contributed by atoms with Gasteiger partial charge >= 0.3 is 0 Å².